The lowest BCUT2D eigenvalue weighted by Crippen LogP contribution is -2.53. The van der Waals surface area contributed by atoms with Gasteiger partial charge < -0.3 is 14.6 Å². The highest BCUT2D eigenvalue weighted by atomic mass is 16.5. The molecule has 0 spiro atoms. The van der Waals surface area contributed by atoms with E-state index in [0.29, 0.717) is 18.9 Å². The predicted molar refractivity (Wildman–Crippen MR) is 128 cm³/mol. The number of amides is 1. The SMILES string of the molecule is COc1ccc(CN2Cc3[nH]cnc3C[C@H]2C(=O)N2CCC(Cc3ccccc3)CC2)cc1. The van der Waals surface area contributed by atoms with Crippen molar-refractivity contribution < 1.29 is 9.53 Å². The number of nitrogens with one attached hydrogen (secondary N) is 1. The van der Waals surface area contributed by atoms with Crippen molar-refractivity contribution in [1.29, 1.82) is 0 Å². The first-order chi connectivity index (χ1) is 16.2. The van der Waals surface area contributed by atoms with E-state index in [1.54, 1.807) is 13.4 Å². The number of piperidine rings is 1. The maximum absolute atomic E-state index is 13.7. The van der Waals surface area contributed by atoms with E-state index in [1.807, 2.05) is 12.1 Å². The minimum atomic E-state index is -0.173. The van der Waals surface area contributed by atoms with Crippen LogP contribution in [0.15, 0.2) is 60.9 Å². The molecule has 33 heavy (non-hydrogen) atoms. The number of nitrogens with zero attached hydrogens (tertiary/aromatic N) is 3. The van der Waals surface area contributed by atoms with Crippen molar-refractivity contribution >= 4 is 5.91 Å². The third kappa shape index (κ3) is 4.96. The largest absolute Gasteiger partial charge is 0.497 e. The van der Waals surface area contributed by atoms with E-state index in [-0.39, 0.29) is 11.9 Å². The molecule has 0 aliphatic carbocycles. The molecule has 2 aliphatic heterocycles. The van der Waals surface area contributed by atoms with Gasteiger partial charge in [0.2, 0.25) is 5.91 Å². The van der Waals surface area contributed by atoms with Crippen LogP contribution >= 0.6 is 0 Å². The molecule has 5 rings (SSSR count). The summed E-state index contributed by atoms with van der Waals surface area (Å²) in [7, 11) is 1.68. The van der Waals surface area contributed by atoms with Crippen molar-refractivity contribution in [3.63, 3.8) is 0 Å². The quantitative estimate of drug-likeness (QED) is 0.628. The fourth-order valence-electron chi connectivity index (χ4n) is 5.18. The fourth-order valence-corrected chi connectivity index (χ4v) is 5.18. The third-order valence-corrected chi connectivity index (χ3v) is 7.12. The van der Waals surface area contributed by atoms with Crippen molar-refractivity contribution in [1.82, 2.24) is 19.8 Å². The van der Waals surface area contributed by atoms with Gasteiger partial charge in [0.25, 0.3) is 0 Å². The Bertz CT molecular complexity index is 1060. The second-order valence-corrected chi connectivity index (χ2v) is 9.26. The lowest BCUT2D eigenvalue weighted by Gasteiger charge is -2.39. The standard InChI is InChI=1S/C27H32N4O2/c1-33-23-9-7-22(8-10-23)17-31-18-25-24(28-19-29-25)16-26(31)27(32)30-13-11-21(12-14-30)15-20-5-3-2-4-6-20/h2-10,19,21,26H,11-18H2,1H3,(H,28,29)/t26-/m0/s1. The van der Waals surface area contributed by atoms with Crippen molar-refractivity contribution in [2.24, 2.45) is 5.92 Å². The Kier molecular flexibility index (Phi) is 6.44. The van der Waals surface area contributed by atoms with Gasteiger partial charge in [-0.05, 0) is 48.4 Å². The first kappa shape index (κ1) is 21.7. The van der Waals surface area contributed by atoms with Crippen LogP contribution in [0.2, 0.25) is 0 Å². The average Bonchev–Trinajstić information content (AvgIpc) is 3.32. The lowest BCUT2D eigenvalue weighted by molar-refractivity contribution is -0.139. The summed E-state index contributed by atoms with van der Waals surface area (Å²) in [5.41, 5.74) is 4.72. The summed E-state index contributed by atoms with van der Waals surface area (Å²) in [5.74, 6) is 1.74. The van der Waals surface area contributed by atoms with Crippen LogP contribution < -0.4 is 4.74 Å². The maximum atomic E-state index is 13.7. The molecule has 3 heterocycles. The zero-order chi connectivity index (χ0) is 22.6. The van der Waals surface area contributed by atoms with Crippen molar-refractivity contribution in [2.75, 3.05) is 20.2 Å². The van der Waals surface area contributed by atoms with Gasteiger partial charge in [0.1, 0.15) is 5.75 Å². The first-order valence-corrected chi connectivity index (χ1v) is 11.9. The minimum Gasteiger partial charge on any atom is -0.497 e. The van der Waals surface area contributed by atoms with E-state index in [4.69, 9.17) is 4.74 Å². The number of carbonyl (C=O) groups is 1. The third-order valence-electron chi connectivity index (χ3n) is 7.12. The summed E-state index contributed by atoms with van der Waals surface area (Å²) in [6.07, 6.45) is 5.65. The molecule has 1 saturated heterocycles. The molecule has 6 heteroatoms. The van der Waals surface area contributed by atoms with Gasteiger partial charge in [0.15, 0.2) is 0 Å². The molecule has 2 aromatic carbocycles. The molecule has 1 fully saturated rings. The predicted octanol–water partition coefficient (Wildman–Crippen LogP) is 3.83. The molecular weight excluding hydrogens is 412 g/mol. The van der Waals surface area contributed by atoms with E-state index in [9.17, 15) is 4.79 Å². The topological polar surface area (TPSA) is 61.5 Å². The molecule has 1 amide bonds. The molecule has 0 radical (unpaired) electrons. The molecule has 172 valence electrons. The van der Waals surface area contributed by atoms with E-state index in [2.05, 4.69) is 62.2 Å². The number of H-pyrrole nitrogens is 1. The van der Waals surface area contributed by atoms with Crippen LogP contribution in [0.5, 0.6) is 5.75 Å². The monoisotopic (exact) mass is 444 g/mol. The Labute approximate surface area is 195 Å². The number of methoxy groups -OCH3 is 1. The molecule has 1 aromatic heterocycles. The van der Waals surface area contributed by atoms with Crippen LogP contribution in [0.3, 0.4) is 0 Å². The normalized spacial score (nSPS) is 19.3. The number of aromatic amines is 1. The smallest absolute Gasteiger partial charge is 0.240 e. The fraction of sp³-hybridized carbons (Fsp3) is 0.407. The summed E-state index contributed by atoms with van der Waals surface area (Å²) in [5, 5.41) is 0. The van der Waals surface area contributed by atoms with Gasteiger partial charge in [-0.1, -0.05) is 42.5 Å². The van der Waals surface area contributed by atoms with E-state index < -0.39 is 0 Å². The number of rotatable bonds is 6. The average molecular weight is 445 g/mol. The Hall–Kier alpha value is -3.12. The van der Waals surface area contributed by atoms with E-state index >= 15 is 0 Å². The van der Waals surface area contributed by atoms with Gasteiger partial charge in [0, 0.05) is 32.6 Å². The summed E-state index contributed by atoms with van der Waals surface area (Å²) in [6.45, 7) is 3.12. The molecule has 2 aliphatic rings. The van der Waals surface area contributed by atoms with Gasteiger partial charge in [-0.3, -0.25) is 9.69 Å². The van der Waals surface area contributed by atoms with E-state index in [0.717, 1.165) is 56.0 Å². The summed E-state index contributed by atoms with van der Waals surface area (Å²) in [4.78, 5) is 25.8. The van der Waals surface area contributed by atoms with E-state index in [1.165, 1.54) is 11.1 Å². The molecule has 0 bridgehead atoms. The number of hydrogen-bond donors (Lipinski definition) is 1. The number of ether oxygens (including phenoxy) is 1. The van der Waals surface area contributed by atoms with Crippen LogP contribution in [0.4, 0.5) is 0 Å². The molecule has 0 unspecified atom stereocenters. The summed E-state index contributed by atoms with van der Waals surface area (Å²) >= 11 is 0. The van der Waals surface area contributed by atoms with Crippen LogP contribution in [-0.2, 0) is 30.7 Å². The Morgan fingerprint density at radius 2 is 1.82 bits per heavy atom. The van der Waals surface area contributed by atoms with Gasteiger partial charge in [-0.25, -0.2) is 4.98 Å². The second kappa shape index (κ2) is 9.79. The number of aromatic nitrogens is 2. The van der Waals surface area contributed by atoms with Crippen LogP contribution in [-0.4, -0.2) is 51.9 Å². The number of likely N-dealkylation sites (tertiary alicyclic amines) is 1. The van der Waals surface area contributed by atoms with Crippen molar-refractivity contribution in [2.45, 2.75) is 44.8 Å². The number of hydrogen-bond acceptors (Lipinski definition) is 4. The van der Waals surface area contributed by atoms with Crippen LogP contribution in [0, 0.1) is 5.92 Å². The molecule has 1 N–H and O–H groups in total. The Morgan fingerprint density at radius 1 is 1.06 bits per heavy atom. The number of imidazole rings is 1. The molecule has 0 saturated carbocycles. The Morgan fingerprint density at radius 3 is 2.55 bits per heavy atom. The summed E-state index contributed by atoms with van der Waals surface area (Å²) in [6, 6.07) is 18.7. The van der Waals surface area contributed by atoms with Gasteiger partial charge in [-0.2, -0.15) is 0 Å². The van der Waals surface area contributed by atoms with Gasteiger partial charge >= 0.3 is 0 Å². The van der Waals surface area contributed by atoms with Crippen molar-refractivity contribution in [3.8, 4) is 5.75 Å². The maximum Gasteiger partial charge on any atom is 0.240 e. The number of fused-ring (bicyclic) bond motifs is 1. The summed E-state index contributed by atoms with van der Waals surface area (Å²) < 4.78 is 5.29. The Balaban J connectivity index is 1.25. The first-order valence-electron chi connectivity index (χ1n) is 11.9. The highest BCUT2D eigenvalue weighted by Crippen LogP contribution is 2.27. The molecule has 1 atom stereocenters. The zero-order valence-corrected chi connectivity index (χ0v) is 19.2. The number of benzene rings is 2. The van der Waals surface area contributed by atoms with Crippen molar-refractivity contribution in [3.05, 3.63) is 83.4 Å². The highest BCUT2D eigenvalue weighted by Gasteiger charge is 2.36. The molecule has 3 aromatic rings. The lowest BCUT2D eigenvalue weighted by atomic mass is 9.89. The highest BCUT2D eigenvalue weighted by molar-refractivity contribution is 5.82. The number of carbonyl (C=O) groups excluding carboxylic acids is 1. The van der Waals surface area contributed by atoms with Crippen LogP contribution in [0.25, 0.3) is 0 Å². The molecule has 6 nitrogen and oxygen atoms in total. The van der Waals surface area contributed by atoms with Gasteiger partial charge in [-0.15, -0.1) is 0 Å². The second-order valence-electron chi connectivity index (χ2n) is 9.26. The van der Waals surface area contributed by atoms with Crippen LogP contribution in [0.1, 0.15) is 35.4 Å². The van der Waals surface area contributed by atoms with Gasteiger partial charge in [0.05, 0.1) is 30.9 Å². The minimum absolute atomic E-state index is 0.173. The zero-order valence-electron chi connectivity index (χ0n) is 19.2. The molecular formula is C27H32N4O2.